The molecule has 0 saturated heterocycles. The maximum absolute atomic E-state index is 11.5. The molecule has 2 heteroatoms. The number of Topliss-reactive ketones (excluding diaryl/α,β-unsaturated/α-hetero) is 1. The van der Waals surface area contributed by atoms with Crippen molar-refractivity contribution < 1.29 is 4.79 Å². The second kappa shape index (κ2) is 8.28. The summed E-state index contributed by atoms with van der Waals surface area (Å²) in [7, 11) is 4.85. The summed E-state index contributed by atoms with van der Waals surface area (Å²) >= 11 is 0. The molecule has 1 nitrogen and oxygen atoms in total. The molecule has 0 aliphatic carbocycles. The van der Waals surface area contributed by atoms with Crippen LogP contribution < -0.4 is 0 Å². The van der Waals surface area contributed by atoms with Crippen LogP contribution in [-0.2, 0) is 0 Å². The van der Waals surface area contributed by atoms with Gasteiger partial charge in [0.2, 0.25) is 0 Å². The van der Waals surface area contributed by atoms with E-state index in [0.29, 0.717) is 12.3 Å². The first-order chi connectivity index (χ1) is 7.11. The van der Waals surface area contributed by atoms with Gasteiger partial charge in [0.15, 0.2) is 5.78 Å². The average Bonchev–Trinajstić information content (AvgIpc) is 2.19. The van der Waals surface area contributed by atoms with Crippen molar-refractivity contribution in [3.8, 4) is 0 Å². The summed E-state index contributed by atoms with van der Waals surface area (Å²) in [5, 5.41) is 0. The molecule has 0 N–H and O–H groups in total. The fraction of sp³-hybridized carbons (Fsp3) is 0.462. The second-order valence-electron chi connectivity index (χ2n) is 3.80. The highest BCUT2D eigenvalue weighted by molar-refractivity contribution is 6.08. The van der Waals surface area contributed by atoms with Gasteiger partial charge in [-0.2, -0.15) is 0 Å². The number of hydrogen-bond acceptors (Lipinski definition) is 1. The number of benzene rings is 1. The van der Waals surface area contributed by atoms with E-state index in [0.717, 1.165) is 11.9 Å². The summed E-state index contributed by atoms with van der Waals surface area (Å²) in [5.41, 5.74) is 0.825. The molecule has 2 radical (unpaired) electrons. The fourth-order valence-corrected chi connectivity index (χ4v) is 1.11. The zero-order valence-electron chi connectivity index (χ0n) is 9.86. The van der Waals surface area contributed by atoms with Crippen LogP contribution in [0.15, 0.2) is 30.3 Å². The quantitative estimate of drug-likeness (QED) is 0.541. The van der Waals surface area contributed by atoms with Crippen molar-refractivity contribution in [2.24, 2.45) is 5.92 Å². The highest BCUT2D eigenvalue weighted by Crippen LogP contribution is 2.08. The molecular weight excluding hydrogens is 183 g/mol. The summed E-state index contributed by atoms with van der Waals surface area (Å²) in [6.07, 6.45) is 1.39. The lowest BCUT2D eigenvalue weighted by atomic mass is 10.0. The van der Waals surface area contributed by atoms with E-state index in [1.165, 1.54) is 0 Å². The monoisotopic (exact) mass is 202 g/mol. The highest BCUT2D eigenvalue weighted by atomic mass is 16.1. The molecule has 0 fully saturated rings. The molecule has 0 unspecified atom stereocenters. The van der Waals surface area contributed by atoms with Crippen LogP contribution in [0.25, 0.3) is 0 Å². The molecule has 1 rings (SSSR count). The molecule has 0 spiro atoms. The topological polar surface area (TPSA) is 17.1 Å². The van der Waals surface area contributed by atoms with Crippen molar-refractivity contribution in [1.29, 1.82) is 0 Å². The van der Waals surface area contributed by atoms with Gasteiger partial charge in [0.05, 0.1) is 7.85 Å². The predicted octanol–water partition coefficient (Wildman–Crippen LogP) is 3.51. The molecule has 1 aromatic carbocycles. The first-order valence-corrected chi connectivity index (χ1v) is 5.40. The first kappa shape index (κ1) is 14.0. The third kappa shape index (κ3) is 6.95. The van der Waals surface area contributed by atoms with E-state index in [2.05, 4.69) is 13.8 Å². The average molecular weight is 202 g/mol. The Morgan fingerprint density at radius 3 is 2.13 bits per heavy atom. The lowest BCUT2D eigenvalue weighted by Gasteiger charge is -2.02. The normalized spacial score (nSPS) is 9.33. The van der Waals surface area contributed by atoms with E-state index >= 15 is 0 Å². The number of carbonyl (C=O) groups is 1. The smallest absolute Gasteiger partial charge is 0.163 e. The maximum atomic E-state index is 11.5. The number of hydrogen-bond donors (Lipinski definition) is 0. The number of carbonyl (C=O) groups excluding carboxylic acids is 1. The Bertz CT molecular complexity index is 267. The van der Waals surface area contributed by atoms with E-state index < -0.39 is 0 Å². The highest BCUT2D eigenvalue weighted by Gasteiger charge is 2.06. The third-order valence-electron chi connectivity index (χ3n) is 1.69. The SMILES string of the molecule is CC(C)CC(=O)c1ccccc1.[B]CC. The van der Waals surface area contributed by atoms with Crippen molar-refractivity contribution in [1.82, 2.24) is 0 Å². The Morgan fingerprint density at radius 2 is 1.73 bits per heavy atom. The third-order valence-corrected chi connectivity index (χ3v) is 1.69. The Labute approximate surface area is 94.3 Å². The van der Waals surface area contributed by atoms with Gasteiger partial charge in [-0.25, -0.2) is 0 Å². The lowest BCUT2D eigenvalue weighted by molar-refractivity contribution is 0.0968. The summed E-state index contributed by atoms with van der Waals surface area (Å²) in [6, 6.07) is 9.45. The van der Waals surface area contributed by atoms with Crippen LogP contribution in [0.4, 0.5) is 0 Å². The van der Waals surface area contributed by atoms with Crippen LogP contribution >= 0.6 is 0 Å². The van der Waals surface area contributed by atoms with Gasteiger partial charge in [0, 0.05) is 12.0 Å². The van der Waals surface area contributed by atoms with Gasteiger partial charge in [-0.3, -0.25) is 4.79 Å². The summed E-state index contributed by atoms with van der Waals surface area (Å²) in [5.74, 6) is 0.684. The zero-order valence-corrected chi connectivity index (χ0v) is 9.86. The summed E-state index contributed by atoms with van der Waals surface area (Å²) in [6.45, 7) is 6.02. The van der Waals surface area contributed by atoms with Crippen LogP contribution in [0.5, 0.6) is 0 Å². The van der Waals surface area contributed by atoms with E-state index in [1.807, 2.05) is 37.3 Å². The van der Waals surface area contributed by atoms with Crippen molar-refractivity contribution in [2.45, 2.75) is 33.5 Å². The molecule has 15 heavy (non-hydrogen) atoms. The molecule has 0 saturated carbocycles. The van der Waals surface area contributed by atoms with Crippen LogP contribution in [0.3, 0.4) is 0 Å². The Morgan fingerprint density at radius 1 is 1.27 bits per heavy atom. The van der Waals surface area contributed by atoms with Gasteiger partial charge in [-0.05, 0) is 5.92 Å². The second-order valence-corrected chi connectivity index (χ2v) is 3.80. The molecule has 0 amide bonds. The molecule has 0 heterocycles. The minimum absolute atomic E-state index is 0.241. The Kier molecular flexibility index (Phi) is 7.70. The number of ketones is 1. The molecule has 0 atom stereocenters. The maximum Gasteiger partial charge on any atom is 0.163 e. The molecule has 1 aromatic rings. The first-order valence-electron chi connectivity index (χ1n) is 5.40. The summed E-state index contributed by atoms with van der Waals surface area (Å²) < 4.78 is 0. The minimum atomic E-state index is 0.241. The van der Waals surface area contributed by atoms with E-state index in [4.69, 9.17) is 7.85 Å². The molecule has 0 aromatic heterocycles. The van der Waals surface area contributed by atoms with Crippen LogP contribution in [-0.4, -0.2) is 13.6 Å². The van der Waals surface area contributed by atoms with Crippen LogP contribution in [0.2, 0.25) is 6.32 Å². The van der Waals surface area contributed by atoms with Gasteiger partial charge < -0.3 is 0 Å². The van der Waals surface area contributed by atoms with E-state index in [-0.39, 0.29) is 5.78 Å². The van der Waals surface area contributed by atoms with Gasteiger partial charge in [0.1, 0.15) is 0 Å². The van der Waals surface area contributed by atoms with Gasteiger partial charge in [0.25, 0.3) is 0 Å². The molecular formula is C13H19BO. The predicted molar refractivity (Wildman–Crippen MR) is 66.5 cm³/mol. The van der Waals surface area contributed by atoms with Crippen LogP contribution in [0, 0.1) is 5.92 Å². The van der Waals surface area contributed by atoms with Gasteiger partial charge in [-0.1, -0.05) is 57.4 Å². The molecule has 80 valence electrons. The summed E-state index contributed by atoms with van der Waals surface area (Å²) in [4.78, 5) is 11.5. The lowest BCUT2D eigenvalue weighted by Crippen LogP contribution is -2.02. The fourth-order valence-electron chi connectivity index (χ4n) is 1.11. The molecule has 0 aliphatic rings. The minimum Gasteiger partial charge on any atom is -0.294 e. The Balaban J connectivity index is 0.000000583. The van der Waals surface area contributed by atoms with E-state index in [9.17, 15) is 4.79 Å². The Hall–Kier alpha value is -1.05. The molecule has 0 bridgehead atoms. The largest absolute Gasteiger partial charge is 0.294 e. The molecule has 0 aliphatic heterocycles. The van der Waals surface area contributed by atoms with E-state index in [1.54, 1.807) is 0 Å². The van der Waals surface area contributed by atoms with Gasteiger partial charge >= 0.3 is 0 Å². The standard InChI is InChI=1S/C11H14O.C2H5B/c1-9(2)8-11(12)10-6-4-3-5-7-10;1-2-3/h3-7,9H,8H2,1-2H3;2H2,1H3. The zero-order chi connectivity index (χ0) is 11.7. The van der Waals surface area contributed by atoms with Crippen molar-refractivity contribution in [3.05, 3.63) is 35.9 Å². The van der Waals surface area contributed by atoms with Crippen molar-refractivity contribution >= 4 is 13.6 Å². The van der Waals surface area contributed by atoms with Crippen LogP contribution in [0.1, 0.15) is 37.6 Å². The van der Waals surface area contributed by atoms with Gasteiger partial charge in [-0.15, -0.1) is 0 Å². The van der Waals surface area contributed by atoms with Crippen molar-refractivity contribution in [3.63, 3.8) is 0 Å². The van der Waals surface area contributed by atoms with Crippen molar-refractivity contribution in [2.75, 3.05) is 0 Å². The number of rotatable bonds is 3.